The summed E-state index contributed by atoms with van der Waals surface area (Å²) in [5.74, 6) is 1.15. The highest BCUT2D eigenvalue weighted by Gasteiger charge is 2.21. The average Bonchev–Trinajstić information content (AvgIpc) is 2.85. The molecule has 1 aromatic rings. The van der Waals surface area contributed by atoms with Gasteiger partial charge in [0.1, 0.15) is 13.2 Å². The van der Waals surface area contributed by atoms with Crippen LogP contribution >= 0.6 is 11.3 Å². The Balaban J connectivity index is 1.60. The zero-order valence-corrected chi connectivity index (χ0v) is 11.5. The standard InChI is InChI=1S/C13H16O5S/c1-9(2)13(14)16-4-3-15-5-10-6-17-11-7-19-8-12(11)18-10/h7-8,10H,1,3-6H2,2H3. The summed E-state index contributed by atoms with van der Waals surface area (Å²) in [7, 11) is 0. The van der Waals surface area contributed by atoms with Gasteiger partial charge in [-0.2, -0.15) is 0 Å². The van der Waals surface area contributed by atoms with E-state index in [1.807, 2.05) is 10.8 Å². The Kier molecular flexibility index (Phi) is 4.81. The molecular weight excluding hydrogens is 268 g/mol. The van der Waals surface area contributed by atoms with E-state index >= 15 is 0 Å². The van der Waals surface area contributed by atoms with E-state index in [2.05, 4.69) is 6.58 Å². The smallest absolute Gasteiger partial charge is 0.333 e. The Labute approximate surface area is 115 Å². The van der Waals surface area contributed by atoms with E-state index in [-0.39, 0.29) is 12.7 Å². The van der Waals surface area contributed by atoms with Gasteiger partial charge in [-0.25, -0.2) is 4.79 Å². The number of fused-ring (bicyclic) bond motifs is 1. The molecule has 1 aliphatic rings. The second-order valence-electron chi connectivity index (χ2n) is 4.14. The van der Waals surface area contributed by atoms with Crippen molar-refractivity contribution in [1.82, 2.24) is 0 Å². The van der Waals surface area contributed by atoms with Crippen molar-refractivity contribution in [1.29, 1.82) is 0 Å². The van der Waals surface area contributed by atoms with Crippen LogP contribution in [0.5, 0.6) is 11.5 Å². The van der Waals surface area contributed by atoms with Gasteiger partial charge in [-0.3, -0.25) is 0 Å². The van der Waals surface area contributed by atoms with Gasteiger partial charge in [0.25, 0.3) is 0 Å². The van der Waals surface area contributed by atoms with Crippen LogP contribution in [0.15, 0.2) is 22.9 Å². The van der Waals surface area contributed by atoms with E-state index in [0.717, 1.165) is 11.5 Å². The zero-order chi connectivity index (χ0) is 13.7. The molecule has 104 valence electrons. The molecule has 0 aliphatic carbocycles. The molecule has 0 amide bonds. The van der Waals surface area contributed by atoms with Gasteiger partial charge >= 0.3 is 5.97 Å². The number of thiophene rings is 1. The lowest BCUT2D eigenvalue weighted by atomic mass is 10.3. The van der Waals surface area contributed by atoms with Crippen LogP contribution in [-0.2, 0) is 14.3 Å². The molecule has 6 heteroatoms. The molecule has 0 spiro atoms. The molecule has 1 unspecified atom stereocenters. The van der Waals surface area contributed by atoms with Crippen LogP contribution in [0.2, 0.25) is 0 Å². The van der Waals surface area contributed by atoms with Crippen LogP contribution in [0.4, 0.5) is 0 Å². The second-order valence-corrected chi connectivity index (χ2v) is 4.89. The minimum atomic E-state index is -0.399. The van der Waals surface area contributed by atoms with Crippen molar-refractivity contribution in [3.63, 3.8) is 0 Å². The molecule has 19 heavy (non-hydrogen) atoms. The number of rotatable bonds is 6. The molecular formula is C13H16O5S. The maximum atomic E-state index is 11.1. The number of hydrogen-bond acceptors (Lipinski definition) is 6. The van der Waals surface area contributed by atoms with Gasteiger partial charge in [0.15, 0.2) is 17.6 Å². The van der Waals surface area contributed by atoms with Crippen molar-refractivity contribution in [3.8, 4) is 11.5 Å². The summed E-state index contributed by atoms with van der Waals surface area (Å²) < 4.78 is 21.5. The number of carbonyl (C=O) groups is 1. The monoisotopic (exact) mass is 284 g/mol. The Morgan fingerprint density at radius 1 is 1.47 bits per heavy atom. The molecule has 0 aromatic carbocycles. The first-order chi connectivity index (χ1) is 9.16. The van der Waals surface area contributed by atoms with Crippen molar-refractivity contribution in [2.45, 2.75) is 13.0 Å². The highest BCUT2D eigenvalue weighted by Crippen LogP contribution is 2.35. The zero-order valence-electron chi connectivity index (χ0n) is 10.7. The quantitative estimate of drug-likeness (QED) is 0.454. The van der Waals surface area contributed by atoms with Crippen molar-refractivity contribution in [2.75, 3.05) is 26.4 Å². The molecule has 0 fully saturated rings. The van der Waals surface area contributed by atoms with Gasteiger partial charge in [0, 0.05) is 16.3 Å². The fourth-order valence-electron chi connectivity index (χ4n) is 1.47. The largest absolute Gasteiger partial charge is 0.485 e. The summed E-state index contributed by atoms with van der Waals surface area (Å²) in [6, 6.07) is 0. The van der Waals surface area contributed by atoms with Crippen molar-refractivity contribution in [2.24, 2.45) is 0 Å². The normalized spacial score (nSPS) is 17.0. The van der Waals surface area contributed by atoms with Crippen molar-refractivity contribution in [3.05, 3.63) is 22.9 Å². The average molecular weight is 284 g/mol. The Bertz CT molecular complexity index is 454. The van der Waals surface area contributed by atoms with Crippen molar-refractivity contribution >= 4 is 17.3 Å². The summed E-state index contributed by atoms with van der Waals surface area (Å²) in [4.78, 5) is 11.1. The predicted octanol–water partition coefficient (Wildman–Crippen LogP) is 2.02. The van der Waals surface area contributed by atoms with E-state index in [9.17, 15) is 4.79 Å². The topological polar surface area (TPSA) is 54.0 Å². The van der Waals surface area contributed by atoms with Gasteiger partial charge in [-0.05, 0) is 6.92 Å². The molecule has 1 atom stereocenters. The Morgan fingerprint density at radius 3 is 3.05 bits per heavy atom. The van der Waals surface area contributed by atoms with Gasteiger partial charge in [0.05, 0.1) is 13.2 Å². The molecule has 0 saturated heterocycles. The van der Waals surface area contributed by atoms with Crippen LogP contribution in [0.3, 0.4) is 0 Å². The lowest BCUT2D eigenvalue weighted by Crippen LogP contribution is -2.33. The SMILES string of the molecule is C=C(C)C(=O)OCCOCC1COc2cscc2O1. The third-order valence-electron chi connectivity index (χ3n) is 2.42. The first-order valence-corrected chi connectivity index (χ1v) is 6.87. The summed E-state index contributed by atoms with van der Waals surface area (Å²) in [6.45, 7) is 6.51. The predicted molar refractivity (Wildman–Crippen MR) is 70.8 cm³/mol. The first-order valence-electron chi connectivity index (χ1n) is 5.93. The number of carbonyl (C=O) groups excluding carboxylic acids is 1. The van der Waals surface area contributed by atoms with Crippen LogP contribution in [0.1, 0.15) is 6.92 Å². The fraction of sp³-hybridized carbons (Fsp3) is 0.462. The Morgan fingerprint density at radius 2 is 2.26 bits per heavy atom. The van der Waals surface area contributed by atoms with Gasteiger partial charge in [0.2, 0.25) is 0 Å². The van der Waals surface area contributed by atoms with E-state index in [4.69, 9.17) is 18.9 Å². The molecule has 5 nitrogen and oxygen atoms in total. The summed E-state index contributed by atoms with van der Waals surface area (Å²) in [5.41, 5.74) is 0.383. The van der Waals surface area contributed by atoms with E-state index < -0.39 is 5.97 Å². The van der Waals surface area contributed by atoms with E-state index in [0.29, 0.717) is 25.4 Å². The lowest BCUT2D eigenvalue weighted by Gasteiger charge is -2.24. The minimum Gasteiger partial charge on any atom is -0.485 e. The molecule has 0 saturated carbocycles. The summed E-state index contributed by atoms with van der Waals surface area (Å²) >= 11 is 1.54. The summed E-state index contributed by atoms with van der Waals surface area (Å²) in [6.07, 6.45) is -0.126. The van der Waals surface area contributed by atoms with Gasteiger partial charge in [-0.15, -0.1) is 11.3 Å². The fourth-order valence-corrected chi connectivity index (χ4v) is 2.15. The molecule has 1 aromatic heterocycles. The van der Waals surface area contributed by atoms with E-state index in [1.54, 1.807) is 6.92 Å². The highest BCUT2D eigenvalue weighted by molar-refractivity contribution is 7.08. The molecule has 1 aliphatic heterocycles. The number of esters is 1. The minimum absolute atomic E-state index is 0.126. The molecule has 2 rings (SSSR count). The lowest BCUT2D eigenvalue weighted by molar-refractivity contribution is -0.140. The molecule has 2 heterocycles. The molecule has 0 N–H and O–H groups in total. The van der Waals surface area contributed by atoms with Gasteiger partial charge < -0.3 is 18.9 Å². The third-order valence-corrected chi connectivity index (χ3v) is 3.12. The van der Waals surface area contributed by atoms with Crippen LogP contribution < -0.4 is 9.47 Å². The third kappa shape index (κ3) is 3.97. The molecule has 0 bridgehead atoms. The second kappa shape index (κ2) is 6.58. The summed E-state index contributed by atoms with van der Waals surface area (Å²) in [5, 5.41) is 3.81. The van der Waals surface area contributed by atoms with Crippen molar-refractivity contribution < 1.29 is 23.7 Å². The van der Waals surface area contributed by atoms with Crippen LogP contribution in [-0.4, -0.2) is 38.5 Å². The van der Waals surface area contributed by atoms with E-state index in [1.165, 1.54) is 11.3 Å². The van der Waals surface area contributed by atoms with Crippen LogP contribution in [0, 0.1) is 0 Å². The maximum absolute atomic E-state index is 11.1. The maximum Gasteiger partial charge on any atom is 0.333 e. The highest BCUT2D eigenvalue weighted by atomic mass is 32.1. The number of ether oxygens (including phenoxy) is 4. The first kappa shape index (κ1) is 13.9. The van der Waals surface area contributed by atoms with Gasteiger partial charge in [-0.1, -0.05) is 6.58 Å². The molecule has 0 radical (unpaired) electrons. The number of hydrogen-bond donors (Lipinski definition) is 0. The van der Waals surface area contributed by atoms with Crippen LogP contribution in [0.25, 0.3) is 0 Å². The Hall–Kier alpha value is -1.53.